The molecule has 0 aliphatic carbocycles. The van der Waals surface area contributed by atoms with E-state index in [1.807, 2.05) is 45.3 Å². The lowest BCUT2D eigenvalue weighted by atomic mass is 9.94. The fourth-order valence-corrected chi connectivity index (χ4v) is 2.60. The molecule has 0 aliphatic heterocycles. The summed E-state index contributed by atoms with van der Waals surface area (Å²) >= 11 is 0. The molecule has 0 fully saturated rings. The van der Waals surface area contributed by atoms with Crippen molar-refractivity contribution in [2.75, 3.05) is 27.2 Å². The third kappa shape index (κ3) is 4.24. The highest BCUT2D eigenvalue weighted by Gasteiger charge is 2.24. The first-order chi connectivity index (χ1) is 9.80. The maximum Gasteiger partial charge on any atom is 1.00 e. The van der Waals surface area contributed by atoms with E-state index in [9.17, 15) is 4.79 Å². The van der Waals surface area contributed by atoms with Gasteiger partial charge in [0.15, 0.2) is 0 Å². The molecule has 0 spiro atoms. The standard InChI is InChI=1S/C17H23NO3.ClH/c1-12-13-8-6-7-9-14(13)21-15(12)16(19)20-11-17(2,3)10-18(4)5;/h6-9H,10-11H2,1-5H3;1H. The highest BCUT2D eigenvalue weighted by Crippen LogP contribution is 2.26. The zero-order valence-corrected chi connectivity index (χ0v) is 14.5. The van der Waals surface area contributed by atoms with Crippen molar-refractivity contribution in [3.05, 3.63) is 35.6 Å². The molecule has 0 bridgehead atoms. The van der Waals surface area contributed by atoms with E-state index < -0.39 is 5.97 Å². The van der Waals surface area contributed by atoms with Crippen LogP contribution in [0.5, 0.6) is 0 Å². The molecule has 0 unspecified atom stereocenters. The molecule has 0 saturated heterocycles. The molecule has 0 atom stereocenters. The van der Waals surface area contributed by atoms with Gasteiger partial charge in [-0.3, -0.25) is 0 Å². The smallest absolute Gasteiger partial charge is 1.00 e. The molecule has 0 radical (unpaired) electrons. The minimum Gasteiger partial charge on any atom is -1.00 e. The summed E-state index contributed by atoms with van der Waals surface area (Å²) in [5, 5.41) is 0.956. The Morgan fingerprint density at radius 1 is 1.32 bits per heavy atom. The summed E-state index contributed by atoms with van der Waals surface area (Å²) in [7, 11) is 4.01. The van der Waals surface area contributed by atoms with E-state index in [4.69, 9.17) is 9.15 Å². The van der Waals surface area contributed by atoms with Gasteiger partial charge in [0.25, 0.3) is 0 Å². The fourth-order valence-electron chi connectivity index (χ4n) is 2.60. The number of ether oxygens (including phenoxy) is 1. The van der Waals surface area contributed by atoms with Crippen LogP contribution in [0.3, 0.4) is 0 Å². The number of carbonyl (C=O) groups excluding carboxylic acids is 1. The largest absolute Gasteiger partial charge is 1.00 e. The summed E-state index contributed by atoms with van der Waals surface area (Å²) in [6.45, 7) is 7.24. The van der Waals surface area contributed by atoms with Crippen LogP contribution in [0.2, 0.25) is 0 Å². The number of carbonyl (C=O) groups is 1. The lowest BCUT2D eigenvalue weighted by Gasteiger charge is -2.27. The van der Waals surface area contributed by atoms with Gasteiger partial charge >= 0.3 is 7.40 Å². The van der Waals surface area contributed by atoms with Crippen LogP contribution < -0.4 is 12.4 Å². The van der Waals surface area contributed by atoms with Gasteiger partial charge in [-0.05, 0) is 27.1 Å². The number of nitrogens with zero attached hydrogens (tertiary/aromatic N) is 1. The van der Waals surface area contributed by atoms with Gasteiger partial charge in [0.1, 0.15) is 5.58 Å². The second-order valence-corrected chi connectivity index (χ2v) is 6.53. The molecule has 22 heavy (non-hydrogen) atoms. The van der Waals surface area contributed by atoms with E-state index >= 15 is 0 Å². The van der Waals surface area contributed by atoms with E-state index in [1.54, 1.807) is 0 Å². The number of aryl methyl sites for hydroxylation is 1. The number of fused-ring (bicyclic) bond motifs is 1. The van der Waals surface area contributed by atoms with Crippen molar-refractivity contribution in [2.24, 2.45) is 5.41 Å². The van der Waals surface area contributed by atoms with Gasteiger partial charge in [-0.1, -0.05) is 32.0 Å². The molecule has 0 amide bonds. The molecular formula is C17H24ClNO3. The molecule has 0 N–H and O–H groups in total. The molecule has 0 saturated carbocycles. The number of esters is 1. The number of hydrogen-bond donors (Lipinski definition) is 0. The van der Waals surface area contributed by atoms with Crippen LogP contribution in [0.15, 0.2) is 28.7 Å². The van der Waals surface area contributed by atoms with Crippen LogP contribution >= 0.6 is 0 Å². The molecule has 4 nitrogen and oxygen atoms in total. The Balaban J connectivity index is 0.00000242. The van der Waals surface area contributed by atoms with Gasteiger partial charge in [0, 0.05) is 22.9 Å². The molecule has 122 valence electrons. The number of rotatable bonds is 5. The molecular weight excluding hydrogens is 302 g/mol. The predicted octanol–water partition coefficient (Wildman–Crippen LogP) is 0.602. The predicted molar refractivity (Wildman–Crippen MR) is 84.7 cm³/mol. The van der Waals surface area contributed by atoms with Crippen molar-refractivity contribution in [1.29, 1.82) is 0 Å². The summed E-state index contributed by atoms with van der Waals surface area (Å²) in [6.07, 6.45) is 0. The van der Waals surface area contributed by atoms with Crippen LogP contribution in [0.25, 0.3) is 11.0 Å². The fraction of sp³-hybridized carbons (Fsp3) is 0.471. The Labute approximate surface area is 139 Å². The highest BCUT2D eigenvalue weighted by molar-refractivity contribution is 5.95. The van der Waals surface area contributed by atoms with Crippen molar-refractivity contribution in [3.8, 4) is 0 Å². The van der Waals surface area contributed by atoms with Crippen molar-refractivity contribution in [2.45, 2.75) is 20.8 Å². The average molecular weight is 326 g/mol. The van der Waals surface area contributed by atoms with Gasteiger partial charge in [-0.2, -0.15) is 0 Å². The van der Waals surface area contributed by atoms with Crippen LogP contribution in [-0.4, -0.2) is 38.1 Å². The first-order valence-corrected chi connectivity index (χ1v) is 7.10. The SMILES string of the molecule is Cc1c(C(=O)OCC(C)(C)CN(C)C)oc2ccccc12.[Cl-].[H+]. The zero-order valence-electron chi connectivity index (χ0n) is 14.8. The summed E-state index contributed by atoms with van der Waals surface area (Å²) in [4.78, 5) is 14.3. The van der Waals surface area contributed by atoms with Crippen LogP contribution in [0.4, 0.5) is 0 Å². The molecule has 2 aromatic rings. The minimum atomic E-state index is -0.393. The Morgan fingerprint density at radius 2 is 1.95 bits per heavy atom. The van der Waals surface area contributed by atoms with Gasteiger partial charge in [0.2, 0.25) is 5.76 Å². The molecule has 1 aromatic carbocycles. The minimum absolute atomic E-state index is 0. The Bertz CT molecular complexity index is 652. The van der Waals surface area contributed by atoms with Crippen LogP contribution in [0.1, 0.15) is 31.4 Å². The van der Waals surface area contributed by atoms with E-state index in [-0.39, 0.29) is 19.2 Å². The molecule has 0 aliphatic rings. The van der Waals surface area contributed by atoms with E-state index in [0.717, 1.165) is 23.1 Å². The lowest BCUT2D eigenvalue weighted by Crippen LogP contribution is -3.00. The number of para-hydroxylation sites is 1. The summed E-state index contributed by atoms with van der Waals surface area (Å²) < 4.78 is 11.1. The van der Waals surface area contributed by atoms with Gasteiger partial charge < -0.3 is 26.5 Å². The summed E-state index contributed by atoms with van der Waals surface area (Å²) in [5.74, 6) is -0.0904. The first kappa shape index (κ1) is 18.5. The number of benzene rings is 1. The monoisotopic (exact) mass is 325 g/mol. The van der Waals surface area contributed by atoms with Crippen LogP contribution in [0, 0.1) is 12.3 Å². The maximum atomic E-state index is 12.2. The highest BCUT2D eigenvalue weighted by atomic mass is 35.5. The Morgan fingerprint density at radius 3 is 2.55 bits per heavy atom. The summed E-state index contributed by atoms with van der Waals surface area (Å²) in [5.41, 5.74) is 1.45. The van der Waals surface area contributed by atoms with E-state index in [2.05, 4.69) is 18.7 Å². The Hall–Kier alpha value is -1.52. The maximum absolute atomic E-state index is 12.2. The van der Waals surface area contributed by atoms with Crippen molar-refractivity contribution in [1.82, 2.24) is 4.90 Å². The van der Waals surface area contributed by atoms with Crippen molar-refractivity contribution >= 4 is 16.9 Å². The molecule has 2 rings (SSSR count). The summed E-state index contributed by atoms with van der Waals surface area (Å²) in [6, 6.07) is 7.62. The van der Waals surface area contributed by atoms with Crippen molar-refractivity contribution in [3.63, 3.8) is 0 Å². The van der Waals surface area contributed by atoms with Gasteiger partial charge in [-0.25, -0.2) is 4.79 Å². The second-order valence-electron chi connectivity index (χ2n) is 6.53. The molecule has 1 aromatic heterocycles. The third-order valence-corrected chi connectivity index (χ3v) is 3.37. The topological polar surface area (TPSA) is 42.7 Å². The lowest BCUT2D eigenvalue weighted by molar-refractivity contribution is -0.0000256. The second kappa shape index (κ2) is 7.16. The van der Waals surface area contributed by atoms with Crippen LogP contribution in [-0.2, 0) is 4.74 Å². The quantitative estimate of drug-likeness (QED) is 0.755. The zero-order chi connectivity index (χ0) is 15.6. The van der Waals surface area contributed by atoms with Gasteiger partial charge in [-0.15, -0.1) is 0 Å². The molecule has 5 heteroatoms. The number of furan rings is 1. The normalized spacial score (nSPS) is 11.5. The van der Waals surface area contributed by atoms with E-state index in [1.165, 1.54) is 0 Å². The number of hydrogen-bond acceptors (Lipinski definition) is 4. The molecule has 1 heterocycles. The third-order valence-electron chi connectivity index (χ3n) is 3.37. The average Bonchev–Trinajstić information content (AvgIpc) is 2.73. The Kier molecular flexibility index (Phi) is 6.03. The van der Waals surface area contributed by atoms with Crippen molar-refractivity contribution < 1.29 is 27.8 Å². The number of halogens is 1. The first-order valence-electron chi connectivity index (χ1n) is 7.10. The van der Waals surface area contributed by atoms with E-state index in [0.29, 0.717) is 12.4 Å². The van der Waals surface area contributed by atoms with Gasteiger partial charge in [0.05, 0.1) is 6.61 Å².